The van der Waals surface area contributed by atoms with Gasteiger partial charge in [-0.15, -0.1) is 0 Å². The molecule has 0 heterocycles. The van der Waals surface area contributed by atoms with Crippen LogP contribution in [0.5, 0.6) is 0 Å². The Morgan fingerprint density at radius 3 is 2.50 bits per heavy atom. The van der Waals surface area contributed by atoms with Crippen LogP contribution < -0.4 is 5.48 Å². The average Bonchev–Trinajstić information content (AvgIpc) is 2.45. The lowest BCUT2D eigenvalue weighted by Crippen LogP contribution is -2.47. The van der Waals surface area contributed by atoms with Gasteiger partial charge >= 0.3 is 6.09 Å². The number of nitrogens with one attached hydrogen (secondary N) is 1. The summed E-state index contributed by atoms with van der Waals surface area (Å²) in [5.41, 5.74) is 3.13. The van der Waals surface area contributed by atoms with E-state index in [0.717, 1.165) is 5.56 Å². The maximum atomic E-state index is 12.0. The summed E-state index contributed by atoms with van der Waals surface area (Å²) in [6.07, 6.45) is -0.532. The number of hydrogen-bond donors (Lipinski definition) is 1. The monoisotopic (exact) mass is 280 g/mol. The van der Waals surface area contributed by atoms with Crippen LogP contribution in [0.1, 0.15) is 19.4 Å². The van der Waals surface area contributed by atoms with Gasteiger partial charge in [0.15, 0.2) is 0 Å². The van der Waals surface area contributed by atoms with Crippen LogP contribution in [0.2, 0.25) is 0 Å². The molecule has 110 valence electrons. The van der Waals surface area contributed by atoms with Gasteiger partial charge in [0.1, 0.15) is 6.04 Å². The van der Waals surface area contributed by atoms with Crippen molar-refractivity contribution in [3.63, 3.8) is 0 Å². The molecule has 0 aliphatic heterocycles. The Morgan fingerprint density at radius 2 is 1.95 bits per heavy atom. The van der Waals surface area contributed by atoms with Crippen molar-refractivity contribution in [2.75, 3.05) is 13.7 Å². The van der Waals surface area contributed by atoms with Crippen LogP contribution in [0.15, 0.2) is 30.3 Å². The SMILES string of the molecule is CCOC(=O)N(Cc1ccccc1)[C@@H](C)C(=O)NOC. The van der Waals surface area contributed by atoms with Gasteiger partial charge in [0, 0.05) is 6.54 Å². The van der Waals surface area contributed by atoms with Crippen LogP contribution in [-0.2, 0) is 20.9 Å². The fourth-order valence-electron chi connectivity index (χ4n) is 1.67. The number of rotatable bonds is 6. The van der Waals surface area contributed by atoms with Gasteiger partial charge in [-0.05, 0) is 19.4 Å². The molecule has 0 saturated heterocycles. The minimum absolute atomic E-state index is 0.253. The van der Waals surface area contributed by atoms with Crippen molar-refractivity contribution in [3.8, 4) is 0 Å². The average molecular weight is 280 g/mol. The second-order valence-electron chi connectivity index (χ2n) is 4.16. The van der Waals surface area contributed by atoms with Gasteiger partial charge in [0.25, 0.3) is 5.91 Å². The molecule has 1 aromatic rings. The standard InChI is InChI=1S/C14H20N2O4/c1-4-20-14(18)16(11(2)13(17)15-19-3)10-12-8-6-5-7-9-12/h5-9,11H,4,10H2,1-3H3,(H,15,17)/t11-/m0/s1. The van der Waals surface area contributed by atoms with Crippen molar-refractivity contribution >= 4 is 12.0 Å². The Labute approximate surface area is 118 Å². The Bertz CT molecular complexity index is 436. The van der Waals surface area contributed by atoms with E-state index in [1.807, 2.05) is 30.3 Å². The highest BCUT2D eigenvalue weighted by molar-refractivity contribution is 5.84. The molecular formula is C14H20N2O4. The number of nitrogens with zero attached hydrogens (tertiary/aromatic N) is 1. The molecule has 0 radical (unpaired) electrons. The number of benzene rings is 1. The minimum Gasteiger partial charge on any atom is -0.450 e. The molecule has 0 bridgehead atoms. The highest BCUT2D eigenvalue weighted by atomic mass is 16.6. The summed E-state index contributed by atoms with van der Waals surface area (Å²) < 4.78 is 4.99. The van der Waals surface area contributed by atoms with Crippen LogP contribution in [0, 0.1) is 0 Å². The van der Waals surface area contributed by atoms with Crippen LogP contribution in [0.25, 0.3) is 0 Å². The maximum Gasteiger partial charge on any atom is 0.410 e. The van der Waals surface area contributed by atoms with Crippen molar-refractivity contribution in [1.29, 1.82) is 0 Å². The van der Waals surface area contributed by atoms with E-state index in [1.165, 1.54) is 12.0 Å². The number of hydrogen-bond acceptors (Lipinski definition) is 4. The molecule has 6 nitrogen and oxygen atoms in total. The summed E-state index contributed by atoms with van der Waals surface area (Å²) in [6, 6.07) is 8.70. The molecule has 1 rings (SSSR count). The molecule has 2 amide bonds. The second-order valence-corrected chi connectivity index (χ2v) is 4.16. The van der Waals surface area contributed by atoms with Crippen molar-refractivity contribution in [2.45, 2.75) is 26.4 Å². The first-order valence-electron chi connectivity index (χ1n) is 6.40. The van der Waals surface area contributed by atoms with E-state index in [1.54, 1.807) is 13.8 Å². The van der Waals surface area contributed by atoms with Gasteiger partial charge in [0.05, 0.1) is 13.7 Å². The highest BCUT2D eigenvalue weighted by Gasteiger charge is 2.27. The Balaban J connectivity index is 2.84. The number of ether oxygens (including phenoxy) is 1. The Hall–Kier alpha value is -2.08. The lowest BCUT2D eigenvalue weighted by molar-refractivity contribution is -0.136. The number of carbonyl (C=O) groups excluding carboxylic acids is 2. The minimum atomic E-state index is -0.700. The van der Waals surface area contributed by atoms with Gasteiger partial charge in [0.2, 0.25) is 0 Å². The van der Waals surface area contributed by atoms with Crippen LogP contribution in [0.4, 0.5) is 4.79 Å². The zero-order valence-electron chi connectivity index (χ0n) is 12.0. The van der Waals surface area contributed by atoms with Gasteiger partial charge in [-0.25, -0.2) is 10.3 Å². The van der Waals surface area contributed by atoms with E-state index in [2.05, 4.69) is 10.3 Å². The fraction of sp³-hybridized carbons (Fsp3) is 0.429. The molecule has 6 heteroatoms. The number of hydroxylamine groups is 1. The summed E-state index contributed by atoms with van der Waals surface area (Å²) in [6.45, 7) is 3.88. The molecule has 0 spiro atoms. The van der Waals surface area contributed by atoms with E-state index in [4.69, 9.17) is 4.74 Å². The first kappa shape index (κ1) is 16.0. The van der Waals surface area contributed by atoms with E-state index < -0.39 is 18.0 Å². The van der Waals surface area contributed by atoms with Crippen molar-refractivity contribution < 1.29 is 19.2 Å². The predicted octanol–water partition coefficient (Wildman–Crippen LogP) is 1.71. The molecule has 1 atom stereocenters. The molecule has 0 aliphatic rings. The smallest absolute Gasteiger partial charge is 0.410 e. The van der Waals surface area contributed by atoms with E-state index >= 15 is 0 Å². The molecule has 1 N–H and O–H groups in total. The van der Waals surface area contributed by atoms with Gasteiger partial charge < -0.3 is 4.74 Å². The molecular weight excluding hydrogens is 260 g/mol. The third-order valence-corrected chi connectivity index (χ3v) is 2.75. The zero-order chi connectivity index (χ0) is 15.0. The van der Waals surface area contributed by atoms with Gasteiger partial charge in [-0.1, -0.05) is 30.3 Å². The normalized spacial score (nSPS) is 11.6. The quantitative estimate of drug-likeness (QED) is 0.805. The molecule has 20 heavy (non-hydrogen) atoms. The summed E-state index contributed by atoms with van der Waals surface area (Å²) in [5.74, 6) is -0.406. The lowest BCUT2D eigenvalue weighted by atomic mass is 10.2. The van der Waals surface area contributed by atoms with Crippen molar-refractivity contribution in [1.82, 2.24) is 10.4 Å². The summed E-state index contributed by atoms with van der Waals surface area (Å²) in [5, 5.41) is 0. The molecule has 0 aromatic heterocycles. The maximum absolute atomic E-state index is 12.0. The zero-order valence-corrected chi connectivity index (χ0v) is 12.0. The van der Waals surface area contributed by atoms with Crippen molar-refractivity contribution in [3.05, 3.63) is 35.9 Å². The van der Waals surface area contributed by atoms with Crippen LogP contribution in [0.3, 0.4) is 0 Å². The first-order chi connectivity index (χ1) is 9.60. The molecule has 1 aromatic carbocycles. The Kier molecular flexibility index (Phi) is 6.52. The van der Waals surface area contributed by atoms with Crippen molar-refractivity contribution in [2.24, 2.45) is 0 Å². The van der Waals surface area contributed by atoms with E-state index in [9.17, 15) is 9.59 Å². The molecule has 0 fully saturated rings. The first-order valence-corrected chi connectivity index (χ1v) is 6.40. The van der Waals surface area contributed by atoms with Gasteiger partial charge in [-0.3, -0.25) is 14.5 Å². The predicted molar refractivity (Wildman–Crippen MR) is 73.6 cm³/mol. The molecule has 0 unspecified atom stereocenters. The molecule has 0 aliphatic carbocycles. The number of amides is 2. The molecule has 0 saturated carbocycles. The third-order valence-electron chi connectivity index (χ3n) is 2.75. The summed E-state index contributed by atoms with van der Waals surface area (Å²) >= 11 is 0. The van der Waals surface area contributed by atoms with Gasteiger partial charge in [-0.2, -0.15) is 0 Å². The largest absolute Gasteiger partial charge is 0.450 e. The van der Waals surface area contributed by atoms with Crippen LogP contribution >= 0.6 is 0 Å². The topological polar surface area (TPSA) is 67.9 Å². The summed E-state index contributed by atoms with van der Waals surface area (Å²) in [7, 11) is 1.34. The highest BCUT2D eigenvalue weighted by Crippen LogP contribution is 2.10. The van der Waals surface area contributed by atoms with E-state index in [-0.39, 0.29) is 13.2 Å². The van der Waals surface area contributed by atoms with Crippen LogP contribution in [-0.4, -0.2) is 36.7 Å². The third kappa shape index (κ3) is 4.55. The fourth-order valence-corrected chi connectivity index (χ4v) is 1.67. The number of carbonyl (C=O) groups is 2. The Morgan fingerprint density at radius 1 is 1.30 bits per heavy atom. The van der Waals surface area contributed by atoms with E-state index in [0.29, 0.717) is 0 Å². The lowest BCUT2D eigenvalue weighted by Gasteiger charge is -2.27. The summed E-state index contributed by atoms with van der Waals surface area (Å²) in [4.78, 5) is 29.7. The second kappa shape index (κ2) is 8.16.